The van der Waals surface area contributed by atoms with Gasteiger partial charge in [-0.2, -0.15) is 8.78 Å². The number of carbonyl (C=O) groups is 1. The number of hydrogen-bond donors (Lipinski definition) is 1. The molecule has 1 amide bonds. The quantitative estimate of drug-likeness (QED) is 0.590. The highest BCUT2D eigenvalue weighted by atomic mass is 32.1. The van der Waals surface area contributed by atoms with Crippen molar-refractivity contribution in [2.24, 2.45) is 0 Å². The number of nitrogens with one attached hydrogen (secondary N) is 1. The van der Waals surface area contributed by atoms with Crippen LogP contribution in [0.4, 0.5) is 14.5 Å². The van der Waals surface area contributed by atoms with E-state index >= 15 is 0 Å². The summed E-state index contributed by atoms with van der Waals surface area (Å²) in [6.07, 6.45) is 0. The van der Waals surface area contributed by atoms with Crippen LogP contribution < -0.4 is 24.3 Å². The lowest BCUT2D eigenvalue weighted by atomic mass is 10.2. The Morgan fingerprint density at radius 3 is 2.62 bits per heavy atom. The van der Waals surface area contributed by atoms with Crippen LogP contribution in [0.15, 0.2) is 53.9 Å². The van der Waals surface area contributed by atoms with Gasteiger partial charge < -0.3 is 24.3 Å². The van der Waals surface area contributed by atoms with E-state index in [2.05, 4.69) is 10.1 Å². The fraction of sp³-hybridized carbons (Fsp3) is 0.150. The van der Waals surface area contributed by atoms with Crippen molar-refractivity contribution in [2.45, 2.75) is 13.2 Å². The molecule has 1 N–H and O–H groups in total. The second-order valence-corrected chi connectivity index (χ2v) is 6.89. The van der Waals surface area contributed by atoms with Gasteiger partial charge >= 0.3 is 6.61 Å². The van der Waals surface area contributed by atoms with Gasteiger partial charge in [-0.25, -0.2) is 0 Å². The van der Waals surface area contributed by atoms with Crippen molar-refractivity contribution in [2.75, 3.05) is 12.1 Å². The van der Waals surface area contributed by atoms with Crippen molar-refractivity contribution in [3.63, 3.8) is 0 Å². The minimum absolute atomic E-state index is 0.0251. The van der Waals surface area contributed by atoms with Crippen molar-refractivity contribution in [3.8, 4) is 23.0 Å². The van der Waals surface area contributed by atoms with E-state index in [-0.39, 0.29) is 18.4 Å². The smallest absolute Gasteiger partial charge is 0.387 e. The number of ether oxygens (including phenoxy) is 4. The van der Waals surface area contributed by atoms with E-state index in [9.17, 15) is 13.6 Å². The fourth-order valence-electron chi connectivity index (χ4n) is 2.62. The number of alkyl halides is 2. The van der Waals surface area contributed by atoms with E-state index in [0.717, 1.165) is 5.56 Å². The number of hydrogen-bond acceptors (Lipinski definition) is 6. The summed E-state index contributed by atoms with van der Waals surface area (Å²) < 4.78 is 44.9. The van der Waals surface area contributed by atoms with E-state index in [4.69, 9.17) is 14.2 Å². The number of benzene rings is 2. The Bertz CT molecular complexity index is 1010. The number of carbonyl (C=O) groups excluding carboxylic acids is 1. The Morgan fingerprint density at radius 2 is 1.83 bits per heavy atom. The Hall–Kier alpha value is -3.33. The minimum Gasteiger partial charge on any atom is -0.489 e. The predicted molar refractivity (Wildman–Crippen MR) is 102 cm³/mol. The zero-order chi connectivity index (χ0) is 20.2. The second-order valence-electron chi connectivity index (χ2n) is 5.98. The molecule has 1 aliphatic rings. The third kappa shape index (κ3) is 4.75. The molecule has 150 valence electrons. The van der Waals surface area contributed by atoms with Gasteiger partial charge in [-0.3, -0.25) is 4.79 Å². The maximum Gasteiger partial charge on any atom is 0.387 e. The average molecular weight is 419 g/mol. The highest BCUT2D eigenvalue weighted by Gasteiger charge is 2.14. The first-order valence-corrected chi connectivity index (χ1v) is 9.41. The van der Waals surface area contributed by atoms with E-state index in [1.165, 1.54) is 35.6 Å². The topological polar surface area (TPSA) is 66.0 Å². The highest BCUT2D eigenvalue weighted by Crippen LogP contribution is 2.35. The van der Waals surface area contributed by atoms with Crippen molar-refractivity contribution in [1.82, 2.24) is 0 Å². The predicted octanol–water partition coefficient (Wildman–Crippen LogP) is 4.91. The Kier molecular flexibility index (Phi) is 5.48. The van der Waals surface area contributed by atoms with Gasteiger partial charge in [-0.1, -0.05) is 0 Å². The lowest BCUT2D eigenvalue weighted by Gasteiger charge is -2.07. The molecule has 0 fully saturated rings. The molecule has 0 aliphatic carbocycles. The molecular formula is C20H15F2NO5S. The molecule has 6 nitrogen and oxygen atoms in total. The van der Waals surface area contributed by atoms with Gasteiger partial charge in [0.15, 0.2) is 11.5 Å². The molecule has 4 rings (SSSR count). The van der Waals surface area contributed by atoms with Gasteiger partial charge in [-0.05, 0) is 47.8 Å². The molecule has 1 aromatic heterocycles. The number of amides is 1. The van der Waals surface area contributed by atoms with E-state index in [1.807, 2.05) is 5.38 Å². The van der Waals surface area contributed by atoms with Crippen molar-refractivity contribution in [1.29, 1.82) is 0 Å². The van der Waals surface area contributed by atoms with Crippen LogP contribution in [0.25, 0.3) is 0 Å². The first kappa shape index (κ1) is 19.0. The SMILES string of the molecule is O=C(Nc1ccc(OC(F)F)cc1)c1cc(COc2ccc3c(c2)OCO3)cs1. The van der Waals surface area contributed by atoms with E-state index in [0.29, 0.717) is 34.4 Å². The van der Waals surface area contributed by atoms with Crippen LogP contribution in [-0.2, 0) is 6.61 Å². The maximum absolute atomic E-state index is 12.4. The molecule has 0 radical (unpaired) electrons. The number of fused-ring (bicyclic) bond motifs is 1. The highest BCUT2D eigenvalue weighted by molar-refractivity contribution is 7.12. The molecule has 0 bridgehead atoms. The maximum atomic E-state index is 12.4. The zero-order valence-corrected chi connectivity index (χ0v) is 15.7. The second kappa shape index (κ2) is 8.36. The van der Waals surface area contributed by atoms with Crippen molar-refractivity contribution in [3.05, 3.63) is 64.4 Å². The zero-order valence-electron chi connectivity index (χ0n) is 14.9. The summed E-state index contributed by atoms with van der Waals surface area (Å²) in [5.74, 6) is 1.68. The fourth-order valence-corrected chi connectivity index (χ4v) is 3.41. The lowest BCUT2D eigenvalue weighted by Crippen LogP contribution is -2.10. The monoisotopic (exact) mass is 419 g/mol. The number of anilines is 1. The van der Waals surface area contributed by atoms with Crippen LogP contribution in [0.1, 0.15) is 15.2 Å². The summed E-state index contributed by atoms with van der Waals surface area (Å²) in [6.45, 7) is -2.40. The number of halogens is 2. The molecule has 0 saturated carbocycles. The first-order chi connectivity index (χ1) is 14.1. The van der Waals surface area contributed by atoms with Crippen LogP contribution in [-0.4, -0.2) is 19.3 Å². The third-order valence-corrected chi connectivity index (χ3v) is 4.94. The molecule has 1 aliphatic heterocycles. The van der Waals surface area contributed by atoms with Gasteiger partial charge in [0, 0.05) is 17.3 Å². The molecular weight excluding hydrogens is 404 g/mol. The van der Waals surface area contributed by atoms with Crippen LogP contribution in [0.3, 0.4) is 0 Å². The van der Waals surface area contributed by atoms with Gasteiger partial charge in [0.25, 0.3) is 5.91 Å². The molecule has 9 heteroatoms. The summed E-state index contributed by atoms with van der Waals surface area (Å²) in [6, 6.07) is 12.8. The van der Waals surface area contributed by atoms with Crippen LogP contribution in [0, 0.1) is 0 Å². The van der Waals surface area contributed by atoms with Crippen molar-refractivity contribution < 1.29 is 32.5 Å². The van der Waals surface area contributed by atoms with Gasteiger partial charge in [0.1, 0.15) is 18.1 Å². The number of rotatable bonds is 7. The molecule has 3 aromatic rings. The third-order valence-electron chi connectivity index (χ3n) is 3.96. The van der Waals surface area contributed by atoms with Crippen LogP contribution >= 0.6 is 11.3 Å². The molecule has 2 heterocycles. The largest absolute Gasteiger partial charge is 0.489 e. The van der Waals surface area contributed by atoms with Crippen molar-refractivity contribution >= 4 is 22.9 Å². The number of thiophene rings is 1. The van der Waals surface area contributed by atoms with E-state index in [1.54, 1.807) is 24.3 Å². The minimum atomic E-state index is -2.89. The Morgan fingerprint density at radius 1 is 1.07 bits per heavy atom. The molecule has 2 aromatic carbocycles. The normalized spacial score (nSPS) is 12.1. The average Bonchev–Trinajstić information content (AvgIpc) is 3.36. The Balaban J connectivity index is 1.32. The van der Waals surface area contributed by atoms with Gasteiger partial charge in [0.05, 0.1) is 4.88 Å². The lowest BCUT2D eigenvalue weighted by molar-refractivity contribution is -0.0498. The standard InChI is InChI=1S/C20H15F2NO5S/c21-20(22)28-14-3-1-13(2-4-14)23-19(24)18-7-12(10-29-18)9-25-15-5-6-16-17(8-15)27-11-26-16/h1-8,10,20H,9,11H2,(H,23,24). The summed E-state index contributed by atoms with van der Waals surface area (Å²) >= 11 is 1.28. The Labute approximate surface area is 168 Å². The van der Waals surface area contributed by atoms with Gasteiger partial charge in [-0.15, -0.1) is 11.3 Å². The summed E-state index contributed by atoms with van der Waals surface area (Å²) in [7, 11) is 0. The molecule has 29 heavy (non-hydrogen) atoms. The molecule has 0 spiro atoms. The van der Waals surface area contributed by atoms with Gasteiger partial charge in [0.2, 0.25) is 6.79 Å². The molecule has 0 saturated heterocycles. The summed E-state index contributed by atoms with van der Waals surface area (Å²) in [5, 5.41) is 4.55. The van der Waals surface area contributed by atoms with Crippen LogP contribution in [0.2, 0.25) is 0 Å². The van der Waals surface area contributed by atoms with Crippen LogP contribution in [0.5, 0.6) is 23.0 Å². The first-order valence-electron chi connectivity index (χ1n) is 8.53. The summed E-state index contributed by atoms with van der Waals surface area (Å²) in [4.78, 5) is 12.9. The summed E-state index contributed by atoms with van der Waals surface area (Å²) in [5.41, 5.74) is 1.32. The molecule has 0 atom stereocenters. The van der Waals surface area contributed by atoms with E-state index < -0.39 is 6.61 Å². The molecule has 0 unspecified atom stereocenters.